The number of anilines is 1. The molecule has 7 heteroatoms. The van der Waals surface area contributed by atoms with E-state index in [9.17, 15) is 14.4 Å². The number of benzene rings is 2. The van der Waals surface area contributed by atoms with Gasteiger partial charge in [-0.1, -0.05) is 6.07 Å². The van der Waals surface area contributed by atoms with Crippen LogP contribution in [0.2, 0.25) is 0 Å². The highest BCUT2D eigenvalue weighted by Gasteiger charge is 2.13. The third-order valence-electron chi connectivity index (χ3n) is 3.98. The Labute approximate surface area is 154 Å². The maximum absolute atomic E-state index is 12.2. The maximum Gasteiger partial charge on any atom is 0.338 e. The summed E-state index contributed by atoms with van der Waals surface area (Å²) in [6.07, 6.45) is 0. The SMILES string of the molecule is COC(=O)c1cccc(NC(=O)COc2ccc3ccc(=O)oc3c2)c1C. The molecule has 0 saturated carbocycles. The van der Waals surface area contributed by atoms with E-state index in [0.29, 0.717) is 28.1 Å². The Morgan fingerprint density at radius 3 is 2.67 bits per heavy atom. The second-order valence-corrected chi connectivity index (χ2v) is 5.76. The lowest BCUT2D eigenvalue weighted by Gasteiger charge is -2.12. The van der Waals surface area contributed by atoms with E-state index in [1.54, 1.807) is 49.4 Å². The summed E-state index contributed by atoms with van der Waals surface area (Å²) < 4.78 is 15.3. The normalized spacial score (nSPS) is 10.4. The van der Waals surface area contributed by atoms with Crippen molar-refractivity contribution < 1.29 is 23.5 Å². The fraction of sp³-hybridized carbons (Fsp3) is 0.150. The van der Waals surface area contributed by atoms with Gasteiger partial charge in [0.25, 0.3) is 5.91 Å². The molecular weight excluding hydrogens is 350 g/mol. The first kappa shape index (κ1) is 18.2. The molecule has 0 radical (unpaired) electrons. The van der Waals surface area contributed by atoms with E-state index in [2.05, 4.69) is 5.32 Å². The van der Waals surface area contributed by atoms with Crippen LogP contribution in [0.4, 0.5) is 5.69 Å². The van der Waals surface area contributed by atoms with Crippen LogP contribution >= 0.6 is 0 Å². The van der Waals surface area contributed by atoms with Gasteiger partial charge in [-0.2, -0.15) is 0 Å². The molecule has 0 aliphatic carbocycles. The Morgan fingerprint density at radius 2 is 1.89 bits per heavy atom. The van der Waals surface area contributed by atoms with Gasteiger partial charge >= 0.3 is 11.6 Å². The van der Waals surface area contributed by atoms with Crippen molar-refractivity contribution in [3.8, 4) is 5.75 Å². The van der Waals surface area contributed by atoms with Gasteiger partial charge in [0.1, 0.15) is 11.3 Å². The predicted molar refractivity (Wildman–Crippen MR) is 99.1 cm³/mol. The summed E-state index contributed by atoms with van der Waals surface area (Å²) in [6.45, 7) is 1.47. The highest BCUT2D eigenvalue weighted by atomic mass is 16.5. The van der Waals surface area contributed by atoms with Crippen LogP contribution in [-0.4, -0.2) is 25.6 Å². The number of ether oxygens (including phenoxy) is 2. The van der Waals surface area contributed by atoms with Gasteiger partial charge in [0.05, 0.1) is 12.7 Å². The number of amides is 1. The van der Waals surface area contributed by atoms with E-state index < -0.39 is 17.5 Å². The van der Waals surface area contributed by atoms with E-state index >= 15 is 0 Å². The molecule has 1 N–H and O–H groups in total. The minimum Gasteiger partial charge on any atom is -0.484 e. The van der Waals surface area contributed by atoms with Crippen LogP contribution in [0, 0.1) is 6.92 Å². The second kappa shape index (κ2) is 7.74. The van der Waals surface area contributed by atoms with Gasteiger partial charge in [0.15, 0.2) is 6.61 Å². The fourth-order valence-corrected chi connectivity index (χ4v) is 2.57. The van der Waals surface area contributed by atoms with Crippen molar-refractivity contribution in [3.05, 3.63) is 70.1 Å². The molecule has 0 bridgehead atoms. The molecule has 0 aliphatic rings. The van der Waals surface area contributed by atoms with Gasteiger partial charge in [-0.15, -0.1) is 0 Å². The van der Waals surface area contributed by atoms with Crippen molar-refractivity contribution >= 4 is 28.5 Å². The monoisotopic (exact) mass is 367 g/mol. The average molecular weight is 367 g/mol. The molecule has 7 nitrogen and oxygen atoms in total. The van der Waals surface area contributed by atoms with E-state index in [4.69, 9.17) is 13.9 Å². The van der Waals surface area contributed by atoms with E-state index in [-0.39, 0.29) is 6.61 Å². The van der Waals surface area contributed by atoms with Crippen molar-refractivity contribution in [1.29, 1.82) is 0 Å². The fourth-order valence-electron chi connectivity index (χ4n) is 2.57. The minimum absolute atomic E-state index is 0.246. The van der Waals surface area contributed by atoms with Crippen LogP contribution in [0.25, 0.3) is 11.0 Å². The summed E-state index contributed by atoms with van der Waals surface area (Å²) in [5, 5.41) is 3.45. The maximum atomic E-state index is 12.2. The number of hydrogen-bond donors (Lipinski definition) is 1. The molecule has 0 spiro atoms. The average Bonchev–Trinajstić information content (AvgIpc) is 2.67. The van der Waals surface area contributed by atoms with Crippen molar-refractivity contribution in [3.63, 3.8) is 0 Å². The summed E-state index contributed by atoms with van der Waals surface area (Å²) in [5.74, 6) is -0.473. The summed E-state index contributed by atoms with van der Waals surface area (Å²) in [7, 11) is 1.30. The Hall–Kier alpha value is -3.61. The zero-order valence-corrected chi connectivity index (χ0v) is 14.8. The van der Waals surface area contributed by atoms with Crippen molar-refractivity contribution in [2.75, 3.05) is 19.0 Å². The minimum atomic E-state index is -0.475. The van der Waals surface area contributed by atoms with Gasteiger partial charge in [0, 0.05) is 23.2 Å². The Balaban J connectivity index is 1.68. The van der Waals surface area contributed by atoms with Gasteiger partial charge in [0.2, 0.25) is 0 Å². The molecule has 0 unspecified atom stereocenters. The smallest absolute Gasteiger partial charge is 0.338 e. The number of rotatable bonds is 5. The number of carbonyl (C=O) groups is 2. The zero-order valence-electron chi connectivity index (χ0n) is 14.8. The first-order valence-electron chi connectivity index (χ1n) is 8.12. The zero-order chi connectivity index (χ0) is 19.4. The lowest BCUT2D eigenvalue weighted by Crippen LogP contribution is -2.21. The molecule has 0 fully saturated rings. The Morgan fingerprint density at radius 1 is 1.11 bits per heavy atom. The summed E-state index contributed by atoms with van der Waals surface area (Å²) in [5.41, 5.74) is 1.39. The molecule has 3 aromatic rings. The van der Waals surface area contributed by atoms with Crippen LogP contribution in [0.1, 0.15) is 15.9 Å². The Kier molecular flexibility index (Phi) is 5.21. The van der Waals surface area contributed by atoms with Gasteiger partial charge < -0.3 is 19.2 Å². The van der Waals surface area contributed by atoms with Gasteiger partial charge in [-0.3, -0.25) is 4.79 Å². The van der Waals surface area contributed by atoms with Gasteiger partial charge in [-0.05, 0) is 42.8 Å². The topological polar surface area (TPSA) is 94.8 Å². The molecule has 27 heavy (non-hydrogen) atoms. The van der Waals surface area contributed by atoms with E-state index in [0.717, 1.165) is 5.39 Å². The summed E-state index contributed by atoms with van der Waals surface area (Å²) in [4.78, 5) is 35.2. The van der Waals surface area contributed by atoms with Crippen molar-refractivity contribution in [1.82, 2.24) is 0 Å². The third-order valence-corrected chi connectivity index (χ3v) is 3.98. The van der Waals surface area contributed by atoms with Gasteiger partial charge in [-0.25, -0.2) is 9.59 Å². The standard InChI is InChI=1S/C20H17NO6/c1-12-15(20(24)25-2)4-3-5-16(12)21-18(22)11-26-14-8-6-13-7-9-19(23)27-17(13)10-14/h3-10H,11H2,1-2H3,(H,21,22). The Bertz CT molecular complexity index is 1070. The second-order valence-electron chi connectivity index (χ2n) is 5.76. The number of esters is 1. The van der Waals surface area contributed by atoms with Crippen LogP contribution in [0.3, 0.4) is 0 Å². The highest BCUT2D eigenvalue weighted by Crippen LogP contribution is 2.21. The molecule has 0 saturated heterocycles. The lowest BCUT2D eigenvalue weighted by molar-refractivity contribution is -0.118. The number of methoxy groups -OCH3 is 1. The number of nitrogens with one attached hydrogen (secondary N) is 1. The number of fused-ring (bicyclic) bond motifs is 1. The van der Waals surface area contributed by atoms with E-state index in [1.807, 2.05) is 0 Å². The van der Waals surface area contributed by atoms with Crippen LogP contribution in [0.5, 0.6) is 5.75 Å². The first-order valence-corrected chi connectivity index (χ1v) is 8.12. The molecule has 1 amide bonds. The molecule has 1 aromatic heterocycles. The van der Waals surface area contributed by atoms with E-state index in [1.165, 1.54) is 13.2 Å². The molecule has 1 heterocycles. The summed E-state index contributed by atoms with van der Waals surface area (Å²) >= 11 is 0. The largest absolute Gasteiger partial charge is 0.484 e. The predicted octanol–water partition coefficient (Wildman–Crippen LogP) is 2.91. The van der Waals surface area contributed by atoms with Crippen LogP contribution in [-0.2, 0) is 9.53 Å². The molecule has 138 valence electrons. The highest BCUT2D eigenvalue weighted by molar-refractivity contribution is 5.97. The van der Waals surface area contributed by atoms with Crippen molar-refractivity contribution in [2.45, 2.75) is 6.92 Å². The molecule has 3 rings (SSSR count). The molecule has 0 aliphatic heterocycles. The van der Waals surface area contributed by atoms with Crippen molar-refractivity contribution in [2.24, 2.45) is 0 Å². The van der Waals surface area contributed by atoms with Crippen LogP contribution < -0.4 is 15.7 Å². The molecule has 2 aromatic carbocycles. The third kappa shape index (κ3) is 4.14. The first-order chi connectivity index (χ1) is 13.0. The quantitative estimate of drug-likeness (QED) is 0.550. The molecule has 0 atom stereocenters. The number of carbonyl (C=O) groups excluding carboxylic acids is 2. The number of hydrogen-bond acceptors (Lipinski definition) is 6. The summed E-state index contributed by atoms with van der Waals surface area (Å²) in [6, 6.07) is 12.9. The molecular formula is C20H17NO6. The lowest BCUT2D eigenvalue weighted by atomic mass is 10.1. The van der Waals surface area contributed by atoms with Crippen LogP contribution in [0.15, 0.2) is 57.7 Å².